The van der Waals surface area contributed by atoms with Crippen LogP contribution in [0.3, 0.4) is 0 Å². The lowest BCUT2D eigenvalue weighted by Crippen LogP contribution is -2.13. The van der Waals surface area contributed by atoms with Crippen LogP contribution in [0, 0.1) is 13.8 Å². The van der Waals surface area contributed by atoms with Crippen LogP contribution in [0.5, 0.6) is 0 Å². The first-order valence-corrected chi connectivity index (χ1v) is 6.97. The fourth-order valence-corrected chi connectivity index (χ4v) is 2.43. The van der Waals surface area contributed by atoms with Gasteiger partial charge in [-0.15, -0.1) is 0 Å². The van der Waals surface area contributed by atoms with Crippen molar-refractivity contribution < 1.29 is 5.21 Å². The molecule has 5 heteroatoms. The van der Waals surface area contributed by atoms with E-state index >= 15 is 0 Å². The minimum Gasteiger partial charge on any atom is -0.409 e. The van der Waals surface area contributed by atoms with Crippen molar-refractivity contribution in [2.45, 2.75) is 20.4 Å². The van der Waals surface area contributed by atoms with E-state index in [9.17, 15) is 0 Å². The molecule has 0 spiro atoms. The molecule has 110 valence electrons. The third-order valence-electron chi connectivity index (χ3n) is 3.39. The van der Waals surface area contributed by atoms with Crippen LogP contribution in [0.15, 0.2) is 41.6 Å². The summed E-state index contributed by atoms with van der Waals surface area (Å²) in [6.07, 6.45) is 0. The van der Waals surface area contributed by atoms with Gasteiger partial charge in [-0.05, 0) is 36.6 Å². The van der Waals surface area contributed by atoms with Crippen LogP contribution in [-0.2, 0) is 6.54 Å². The number of nitrogens with two attached hydrogens (primary N) is 1. The van der Waals surface area contributed by atoms with E-state index in [0.717, 1.165) is 11.3 Å². The number of hydrogen-bond acceptors (Lipinski definition) is 3. The average Bonchev–Trinajstić information content (AvgIpc) is 2.47. The molecule has 0 aliphatic heterocycles. The molecular formula is C16H18ClN3O. The molecule has 0 saturated carbocycles. The smallest absolute Gasteiger partial charge is 0.170 e. The predicted octanol–water partition coefficient (Wildman–Crippen LogP) is 3.66. The summed E-state index contributed by atoms with van der Waals surface area (Å²) < 4.78 is 0. The van der Waals surface area contributed by atoms with Crippen molar-refractivity contribution in [2.24, 2.45) is 10.9 Å². The topological polar surface area (TPSA) is 70.6 Å². The summed E-state index contributed by atoms with van der Waals surface area (Å²) >= 11 is 6.24. The fraction of sp³-hybridized carbons (Fsp3) is 0.188. The SMILES string of the molecule is Cc1cccc(C)c1NCc1ccc(/C(N)=N/O)cc1Cl. The number of para-hydroxylation sites is 1. The van der Waals surface area contributed by atoms with Gasteiger partial charge in [0.15, 0.2) is 5.84 Å². The predicted molar refractivity (Wildman–Crippen MR) is 87.2 cm³/mol. The van der Waals surface area contributed by atoms with Crippen molar-refractivity contribution in [2.75, 3.05) is 5.32 Å². The Bertz CT molecular complexity index is 663. The van der Waals surface area contributed by atoms with Gasteiger partial charge in [0.25, 0.3) is 0 Å². The zero-order valence-electron chi connectivity index (χ0n) is 12.0. The molecule has 2 aromatic rings. The molecule has 21 heavy (non-hydrogen) atoms. The van der Waals surface area contributed by atoms with Crippen molar-refractivity contribution >= 4 is 23.1 Å². The van der Waals surface area contributed by atoms with Crippen LogP contribution in [0.2, 0.25) is 5.02 Å². The number of benzene rings is 2. The summed E-state index contributed by atoms with van der Waals surface area (Å²) in [5, 5.41) is 15.6. The first-order valence-electron chi connectivity index (χ1n) is 6.59. The molecule has 0 radical (unpaired) electrons. The number of nitrogens with zero attached hydrogens (tertiary/aromatic N) is 1. The Balaban J connectivity index is 2.18. The van der Waals surface area contributed by atoms with E-state index in [0.29, 0.717) is 17.1 Å². The summed E-state index contributed by atoms with van der Waals surface area (Å²) in [6.45, 7) is 4.75. The summed E-state index contributed by atoms with van der Waals surface area (Å²) in [7, 11) is 0. The van der Waals surface area contributed by atoms with E-state index in [1.807, 2.05) is 12.1 Å². The van der Waals surface area contributed by atoms with Crippen LogP contribution in [-0.4, -0.2) is 11.0 Å². The Morgan fingerprint density at radius 1 is 1.24 bits per heavy atom. The van der Waals surface area contributed by atoms with Gasteiger partial charge >= 0.3 is 0 Å². The summed E-state index contributed by atoms with van der Waals surface area (Å²) in [6, 6.07) is 11.5. The summed E-state index contributed by atoms with van der Waals surface area (Å²) in [4.78, 5) is 0. The monoisotopic (exact) mass is 303 g/mol. The Morgan fingerprint density at radius 2 is 1.90 bits per heavy atom. The molecule has 0 aromatic heterocycles. The molecule has 0 bridgehead atoms. The van der Waals surface area contributed by atoms with E-state index in [1.165, 1.54) is 11.1 Å². The van der Waals surface area contributed by atoms with Crippen LogP contribution in [0.25, 0.3) is 0 Å². The summed E-state index contributed by atoms with van der Waals surface area (Å²) in [5.74, 6) is 0.0474. The first kappa shape index (κ1) is 15.2. The molecule has 0 saturated heterocycles. The summed E-state index contributed by atoms with van der Waals surface area (Å²) in [5.41, 5.74) is 10.6. The normalized spacial score (nSPS) is 11.5. The highest BCUT2D eigenvalue weighted by atomic mass is 35.5. The van der Waals surface area contributed by atoms with Gasteiger partial charge in [0.1, 0.15) is 0 Å². The molecule has 0 aliphatic carbocycles. The lowest BCUT2D eigenvalue weighted by molar-refractivity contribution is 0.318. The number of rotatable bonds is 4. The van der Waals surface area contributed by atoms with Gasteiger partial charge < -0.3 is 16.3 Å². The second-order valence-corrected chi connectivity index (χ2v) is 5.32. The van der Waals surface area contributed by atoms with Gasteiger partial charge in [0.05, 0.1) is 0 Å². The lowest BCUT2D eigenvalue weighted by Gasteiger charge is -2.14. The molecule has 0 amide bonds. The molecule has 4 N–H and O–H groups in total. The van der Waals surface area contributed by atoms with Crippen molar-refractivity contribution in [1.82, 2.24) is 0 Å². The Hall–Kier alpha value is -2.20. The highest BCUT2D eigenvalue weighted by Crippen LogP contribution is 2.23. The number of anilines is 1. The number of hydrogen-bond donors (Lipinski definition) is 3. The minimum atomic E-state index is 0.0474. The highest BCUT2D eigenvalue weighted by Gasteiger charge is 2.07. The average molecular weight is 304 g/mol. The Morgan fingerprint density at radius 3 is 2.48 bits per heavy atom. The van der Waals surface area contributed by atoms with Gasteiger partial charge in [-0.25, -0.2) is 0 Å². The molecule has 4 nitrogen and oxygen atoms in total. The van der Waals surface area contributed by atoms with Crippen molar-refractivity contribution in [3.05, 3.63) is 63.7 Å². The molecule has 0 heterocycles. The standard InChI is InChI=1S/C16H18ClN3O/c1-10-4-3-5-11(2)15(10)19-9-13-7-6-12(8-14(13)17)16(18)20-21/h3-8,19,21H,9H2,1-2H3,(H2,18,20). The minimum absolute atomic E-state index is 0.0474. The van der Waals surface area contributed by atoms with Crippen molar-refractivity contribution in [1.29, 1.82) is 0 Å². The largest absolute Gasteiger partial charge is 0.409 e. The first-order chi connectivity index (χ1) is 10.0. The van der Waals surface area contributed by atoms with Crippen LogP contribution >= 0.6 is 11.6 Å². The van der Waals surface area contributed by atoms with E-state index in [4.69, 9.17) is 22.5 Å². The van der Waals surface area contributed by atoms with E-state index in [-0.39, 0.29) is 5.84 Å². The second-order valence-electron chi connectivity index (χ2n) is 4.91. The zero-order valence-corrected chi connectivity index (χ0v) is 12.8. The Kier molecular flexibility index (Phi) is 4.70. The van der Waals surface area contributed by atoms with Gasteiger partial charge in [0.2, 0.25) is 0 Å². The van der Waals surface area contributed by atoms with Crippen molar-refractivity contribution in [3.8, 4) is 0 Å². The van der Waals surface area contributed by atoms with Gasteiger partial charge in [-0.3, -0.25) is 0 Å². The zero-order chi connectivity index (χ0) is 15.4. The third-order valence-corrected chi connectivity index (χ3v) is 3.75. The molecule has 2 aromatic carbocycles. The number of aryl methyl sites for hydroxylation is 2. The van der Waals surface area contributed by atoms with Crippen molar-refractivity contribution in [3.63, 3.8) is 0 Å². The molecule has 2 rings (SSSR count). The van der Waals surface area contributed by atoms with Crippen LogP contribution in [0.4, 0.5) is 5.69 Å². The molecular weight excluding hydrogens is 286 g/mol. The fourth-order valence-electron chi connectivity index (χ4n) is 2.18. The number of oxime groups is 1. The van der Waals surface area contributed by atoms with E-state index in [1.54, 1.807) is 12.1 Å². The Labute approximate surface area is 129 Å². The van der Waals surface area contributed by atoms with Crippen LogP contribution in [0.1, 0.15) is 22.3 Å². The molecule has 0 unspecified atom stereocenters. The van der Waals surface area contributed by atoms with E-state index in [2.05, 4.69) is 36.5 Å². The highest BCUT2D eigenvalue weighted by molar-refractivity contribution is 6.31. The quantitative estimate of drug-likeness (QED) is 0.349. The number of halogens is 1. The third kappa shape index (κ3) is 3.47. The van der Waals surface area contributed by atoms with Gasteiger partial charge in [-0.2, -0.15) is 0 Å². The molecule has 0 aliphatic rings. The second kappa shape index (κ2) is 6.50. The maximum Gasteiger partial charge on any atom is 0.170 e. The lowest BCUT2D eigenvalue weighted by atomic mass is 10.1. The maximum absolute atomic E-state index is 8.67. The maximum atomic E-state index is 8.67. The van der Waals surface area contributed by atoms with E-state index < -0.39 is 0 Å². The number of amidine groups is 1. The van der Waals surface area contributed by atoms with Gasteiger partial charge in [0, 0.05) is 22.8 Å². The van der Waals surface area contributed by atoms with Gasteiger partial charge in [-0.1, -0.05) is 47.1 Å². The van der Waals surface area contributed by atoms with Crippen LogP contribution < -0.4 is 11.1 Å². The number of nitrogens with one attached hydrogen (secondary N) is 1. The molecule has 0 fully saturated rings. The molecule has 0 atom stereocenters.